The predicted molar refractivity (Wildman–Crippen MR) is 111 cm³/mol. The largest absolute Gasteiger partial charge is 0.497 e. The number of piperazine rings is 1. The zero-order valence-electron chi connectivity index (χ0n) is 16.2. The summed E-state index contributed by atoms with van der Waals surface area (Å²) in [6, 6.07) is 12.1. The highest BCUT2D eigenvalue weighted by Crippen LogP contribution is 2.27. The number of fused-ring (bicyclic) bond motifs is 1. The lowest BCUT2D eigenvalue weighted by atomic mass is 10.1. The number of nitrogens with zero attached hydrogens (tertiary/aromatic N) is 2. The molecule has 3 aromatic rings. The number of hydrogen-bond donors (Lipinski definition) is 1. The third-order valence-corrected chi connectivity index (χ3v) is 5.46. The van der Waals surface area contributed by atoms with Crippen molar-refractivity contribution in [3.05, 3.63) is 58.5 Å². The first kappa shape index (κ1) is 18.5. The molecule has 28 heavy (non-hydrogen) atoms. The molecule has 0 saturated carbocycles. The maximum Gasteiger partial charge on any atom is 0.190 e. The number of pyridine rings is 1. The molecule has 1 saturated heterocycles. The summed E-state index contributed by atoms with van der Waals surface area (Å²) < 4.78 is 19.9. The normalized spacial score (nSPS) is 15.2. The summed E-state index contributed by atoms with van der Waals surface area (Å²) in [5.41, 5.74) is 2.58. The summed E-state index contributed by atoms with van der Waals surface area (Å²) in [5.74, 6) is 0.405. The van der Waals surface area contributed by atoms with Gasteiger partial charge in [0.05, 0.1) is 18.3 Å². The van der Waals surface area contributed by atoms with Crippen molar-refractivity contribution < 1.29 is 9.13 Å². The van der Waals surface area contributed by atoms with Gasteiger partial charge >= 0.3 is 0 Å². The van der Waals surface area contributed by atoms with Crippen LogP contribution in [-0.4, -0.2) is 49.7 Å². The molecule has 0 amide bonds. The van der Waals surface area contributed by atoms with E-state index < -0.39 is 0 Å². The minimum Gasteiger partial charge on any atom is -0.497 e. The number of ether oxygens (including phenoxy) is 1. The minimum atomic E-state index is -0.347. The second-order valence-electron chi connectivity index (χ2n) is 7.05. The Bertz CT molecular complexity index is 1040. The SMILES string of the molecule is CCN1CCN(c2cc3[nH]c(-c4ccc(OC)cc4)cc(=O)c3cc2F)CC1. The van der Waals surface area contributed by atoms with E-state index in [0.29, 0.717) is 22.3 Å². The number of aromatic nitrogens is 1. The number of likely N-dealkylation sites (N-methyl/N-ethyl adjacent to an activating group) is 1. The Morgan fingerprint density at radius 2 is 1.79 bits per heavy atom. The maximum atomic E-state index is 14.7. The van der Waals surface area contributed by atoms with Crippen LogP contribution >= 0.6 is 0 Å². The van der Waals surface area contributed by atoms with Crippen molar-refractivity contribution in [3.63, 3.8) is 0 Å². The van der Waals surface area contributed by atoms with Crippen LogP contribution in [0.4, 0.5) is 10.1 Å². The van der Waals surface area contributed by atoms with Gasteiger partial charge < -0.3 is 19.5 Å². The molecule has 146 valence electrons. The molecule has 4 rings (SSSR count). The molecule has 2 aromatic carbocycles. The van der Waals surface area contributed by atoms with Crippen molar-refractivity contribution >= 4 is 16.6 Å². The van der Waals surface area contributed by atoms with E-state index in [1.165, 1.54) is 12.1 Å². The van der Waals surface area contributed by atoms with Gasteiger partial charge in [-0.3, -0.25) is 4.79 Å². The zero-order chi connectivity index (χ0) is 19.7. The molecule has 0 bridgehead atoms. The number of nitrogens with one attached hydrogen (secondary N) is 1. The summed E-state index contributed by atoms with van der Waals surface area (Å²) >= 11 is 0. The highest BCUT2D eigenvalue weighted by atomic mass is 19.1. The van der Waals surface area contributed by atoms with E-state index in [0.717, 1.165) is 44.0 Å². The molecule has 5 nitrogen and oxygen atoms in total. The van der Waals surface area contributed by atoms with E-state index in [1.54, 1.807) is 13.2 Å². The molecule has 0 aliphatic carbocycles. The number of halogens is 1. The zero-order valence-corrected chi connectivity index (χ0v) is 16.2. The highest BCUT2D eigenvalue weighted by Gasteiger charge is 2.20. The molecule has 0 radical (unpaired) electrons. The van der Waals surface area contributed by atoms with Gasteiger partial charge in [0, 0.05) is 43.3 Å². The molecule has 1 aliphatic rings. The Hall–Kier alpha value is -2.86. The van der Waals surface area contributed by atoms with Gasteiger partial charge in [0.2, 0.25) is 0 Å². The summed E-state index contributed by atoms with van der Waals surface area (Å²) in [6.07, 6.45) is 0. The summed E-state index contributed by atoms with van der Waals surface area (Å²) in [4.78, 5) is 20.3. The number of benzene rings is 2. The van der Waals surface area contributed by atoms with Crippen LogP contribution in [0.3, 0.4) is 0 Å². The predicted octanol–water partition coefficient (Wildman–Crippen LogP) is 3.48. The summed E-state index contributed by atoms with van der Waals surface area (Å²) in [6.45, 7) is 6.52. The van der Waals surface area contributed by atoms with Crippen molar-refractivity contribution in [1.82, 2.24) is 9.88 Å². The van der Waals surface area contributed by atoms with Gasteiger partial charge in [0.25, 0.3) is 0 Å². The van der Waals surface area contributed by atoms with Crippen LogP contribution < -0.4 is 15.1 Å². The lowest BCUT2D eigenvalue weighted by molar-refractivity contribution is 0.270. The first-order valence-corrected chi connectivity index (χ1v) is 9.57. The van der Waals surface area contributed by atoms with E-state index in [1.807, 2.05) is 24.3 Å². The van der Waals surface area contributed by atoms with Crippen molar-refractivity contribution in [1.29, 1.82) is 0 Å². The molecular weight excluding hydrogens is 357 g/mol. The standard InChI is InChI=1S/C22H24FN3O2/c1-3-25-8-10-26(11-9-25)21-13-20-17(12-18(21)23)22(27)14-19(24-20)15-4-6-16(28-2)7-5-15/h4-7,12-14H,3,8-11H2,1-2H3,(H,24,27). The lowest BCUT2D eigenvalue weighted by Crippen LogP contribution is -2.46. The van der Waals surface area contributed by atoms with Gasteiger partial charge in [-0.25, -0.2) is 4.39 Å². The van der Waals surface area contributed by atoms with E-state index in [9.17, 15) is 9.18 Å². The number of hydrogen-bond acceptors (Lipinski definition) is 4. The van der Waals surface area contributed by atoms with E-state index in [2.05, 4.69) is 21.7 Å². The van der Waals surface area contributed by atoms with Crippen molar-refractivity contribution in [2.75, 3.05) is 44.7 Å². The van der Waals surface area contributed by atoms with Crippen LogP contribution in [-0.2, 0) is 0 Å². The number of anilines is 1. The number of rotatable bonds is 4. The van der Waals surface area contributed by atoms with Gasteiger partial charge in [-0.2, -0.15) is 0 Å². The smallest absolute Gasteiger partial charge is 0.190 e. The molecule has 2 heterocycles. The first-order valence-electron chi connectivity index (χ1n) is 9.57. The van der Waals surface area contributed by atoms with Crippen LogP contribution in [0.2, 0.25) is 0 Å². The van der Waals surface area contributed by atoms with Gasteiger partial charge in [-0.1, -0.05) is 6.92 Å². The average Bonchev–Trinajstić information content (AvgIpc) is 2.74. The van der Waals surface area contributed by atoms with Crippen LogP contribution in [0, 0.1) is 5.82 Å². The highest BCUT2D eigenvalue weighted by molar-refractivity contribution is 5.85. The topological polar surface area (TPSA) is 48.6 Å². The third-order valence-electron chi connectivity index (χ3n) is 5.46. The van der Waals surface area contributed by atoms with Gasteiger partial charge in [-0.15, -0.1) is 0 Å². The monoisotopic (exact) mass is 381 g/mol. The summed E-state index contributed by atoms with van der Waals surface area (Å²) in [5, 5.41) is 0.366. The number of H-pyrrole nitrogens is 1. The molecule has 0 spiro atoms. The number of methoxy groups -OCH3 is 1. The Balaban J connectivity index is 1.73. The molecule has 0 atom stereocenters. The fourth-order valence-electron chi connectivity index (χ4n) is 3.73. The molecule has 1 fully saturated rings. The summed E-state index contributed by atoms with van der Waals surface area (Å²) in [7, 11) is 1.61. The molecular formula is C22H24FN3O2. The van der Waals surface area contributed by atoms with Crippen molar-refractivity contribution in [2.24, 2.45) is 0 Å². The molecule has 1 aromatic heterocycles. The Labute approximate surface area is 163 Å². The van der Waals surface area contributed by atoms with Gasteiger partial charge in [0.1, 0.15) is 11.6 Å². The van der Waals surface area contributed by atoms with Gasteiger partial charge in [0.15, 0.2) is 5.43 Å². The Kier molecular flexibility index (Phi) is 5.05. The molecule has 0 unspecified atom stereocenters. The second kappa shape index (κ2) is 7.64. The van der Waals surface area contributed by atoms with E-state index in [-0.39, 0.29) is 11.2 Å². The second-order valence-corrected chi connectivity index (χ2v) is 7.05. The minimum absolute atomic E-state index is 0.194. The maximum absolute atomic E-state index is 14.7. The molecule has 1 aliphatic heterocycles. The van der Waals surface area contributed by atoms with Crippen molar-refractivity contribution in [3.8, 4) is 17.0 Å². The van der Waals surface area contributed by atoms with Crippen LogP contribution in [0.5, 0.6) is 5.75 Å². The van der Waals surface area contributed by atoms with Gasteiger partial charge in [-0.05, 0) is 48.5 Å². The first-order chi connectivity index (χ1) is 13.6. The van der Waals surface area contributed by atoms with Crippen LogP contribution in [0.1, 0.15) is 6.92 Å². The fraction of sp³-hybridized carbons (Fsp3) is 0.318. The van der Waals surface area contributed by atoms with E-state index in [4.69, 9.17) is 4.74 Å². The fourth-order valence-corrected chi connectivity index (χ4v) is 3.73. The number of aromatic amines is 1. The lowest BCUT2D eigenvalue weighted by Gasteiger charge is -2.35. The quantitative estimate of drug-likeness (QED) is 0.752. The molecule has 1 N–H and O–H groups in total. The Morgan fingerprint density at radius 1 is 1.07 bits per heavy atom. The van der Waals surface area contributed by atoms with E-state index >= 15 is 0 Å². The Morgan fingerprint density at radius 3 is 2.43 bits per heavy atom. The average molecular weight is 381 g/mol. The molecule has 6 heteroatoms. The van der Waals surface area contributed by atoms with Crippen LogP contribution in [0.25, 0.3) is 22.2 Å². The third kappa shape index (κ3) is 3.47. The van der Waals surface area contributed by atoms with Crippen LogP contribution in [0.15, 0.2) is 47.3 Å². The van der Waals surface area contributed by atoms with Crippen molar-refractivity contribution in [2.45, 2.75) is 6.92 Å².